The van der Waals surface area contributed by atoms with Gasteiger partial charge in [-0.05, 0) is 31.9 Å². The minimum absolute atomic E-state index is 0.0645. The molecule has 8 heteroatoms. The number of amides is 4. The molecule has 1 aliphatic rings. The molecule has 1 aromatic carbocycles. The lowest BCUT2D eigenvalue weighted by Gasteiger charge is -2.24. The van der Waals surface area contributed by atoms with Gasteiger partial charge in [0.25, 0.3) is 5.91 Å². The molecule has 25 heavy (non-hydrogen) atoms. The first-order chi connectivity index (χ1) is 11.6. The minimum atomic E-state index is -1.34. The maximum absolute atomic E-state index is 12.8. The van der Waals surface area contributed by atoms with E-state index in [4.69, 9.17) is 23.2 Å². The second-order valence-electron chi connectivity index (χ2n) is 6.67. The molecular weight excluding hydrogens is 365 g/mol. The summed E-state index contributed by atoms with van der Waals surface area (Å²) in [5, 5.41) is 6.09. The number of carbonyl (C=O) groups is 3. The molecule has 4 amide bonds. The molecule has 1 fully saturated rings. The first-order valence-electron chi connectivity index (χ1n) is 7.95. The third-order valence-corrected chi connectivity index (χ3v) is 4.98. The largest absolute Gasteiger partial charge is 0.352 e. The highest BCUT2D eigenvalue weighted by Gasteiger charge is 2.50. The van der Waals surface area contributed by atoms with Crippen LogP contribution in [0, 0.1) is 5.92 Å². The van der Waals surface area contributed by atoms with Gasteiger partial charge in [0, 0.05) is 21.7 Å². The van der Waals surface area contributed by atoms with Crippen molar-refractivity contribution in [2.24, 2.45) is 5.92 Å². The van der Waals surface area contributed by atoms with Crippen LogP contribution in [0.4, 0.5) is 4.79 Å². The lowest BCUT2D eigenvalue weighted by molar-refractivity contribution is -0.135. The van der Waals surface area contributed by atoms with Crippen LogP contribution >= 0.6 is 23.2 Å². The summed E-state index contributed by atoms with van der Waals surface area (Å²) in [5.41, 5.74) is -0.918. The Labute approximate surface area is 156 Å². The molecule has 1 aliphatic heterocycles. The molecule has 1 aromatic rings. The summed E-state index contributed by atoms with van der Waals surface area (Å²) in [6, 6.07) is 3.99. The zero-order valence-corrected chi connectivity index (χ0v) is 16.0. The number of carbonyl (C=O) groups excluding carboxylic acids is 3. The summed E-state index contributed by atoms with van der Waals surface area (Å²) < 4.78 is 0. The summed E-state index contributed by atoms with van der Waals surface area (Å²) in [6.07, 6.45) is 0. The third kappa shape index (κ3) is 3.90. The quantitative estimate of drug-likeness (QED) is 0.764. The Morgan fingerprint density at radius 1 is 1.28 bits per heavy atom. The highest BCUT2D eigenvalue weighted by atomic mass is 35.5. The SMILES string of the molecule is CC(C)[C@@H](C)NC(=O)CN1C(=O)N[C@](C)(c2ccc(Cl)cc2Cl)C1=O. The van der Waals surface area contributed by atoms with Crippen LogP contribution in [0.1, 0.15) is 33.3 Å². The topological polar surface area (TPSA) is 78.5 Å². The fraction of sp³-hybridized carbons (Fsp3) is 0.471. The number of halogens is 2. The Balaban J connectivity index is 2.20. The van der Waals surface area contributed by atoms with Crippen molar-refractivity contribution in [3.8, 4) is 0 Å². The summed E-state index contributed by atoms with van der Waals surface area (Å²) in [4.78, 5) is 38.1. The molecule has 0 bridgehead atoms. The van der Waals surface area contributed by atoms with Gasteiger partial charge in [0.2, 0.25) is 5.91 Å². The average molecular weight is 386 g/mol. The molecule has 136 valence electrons. The molecule has 1 saturated heterocycles. The number of benzene rings is 1. The molecule has 2 N–H and O–H groups in total. The molecule has 0 saturated carbocycles. The molecule has 0 radical (unpaired) electrons. The van der Waals surface area contributed by atoms with E-state index in [9.17, 15) is 14.4 Å². The first-order valence-corrected chi connectivity index (χ1v) is 8.71. The summed E-state index contributed by atoms with van der Waals surface area (Å²) in [5.74, 6) is -0.685. The molecule has 2 rings (SSSR count). The second-order valence-corrected chi connectivity index (χ2v) is 7.51. The van der Waals surface area contributed by atoms with Crippen LogP contribution in [0.3, 0.4) is 0 Å². The number of rotatable bonds is 5. The van der Waals surface area contributed by atoms with Crippen molar-refractivity contribution in [2.75, 3.05) is 6.54 Å². The van der Waals surface area contributed by atoms with Crippen molar-refractivity contribution in [1.82, 2.24) is 15.5 Å². The molecule has 0 aromatic heterocycles. The molecule has 0 aliphatic carbocycles. The van der Waals surface area contributed by atoms with E-state index in [0.29, 0.717) is 10.6 Å². The number of hydrogen-bond acceptors (Lipinski definition) is 3. The van der Waals surface area contributed by atoms with Gasteiger partial charge in [0.15, 0.2) is 0 Å². The molecule has 0 spiro atoms. The number of nitrogens with one attached hydrogen (secondary N) is 2. The van der Waals surface area contributed by atoms with E-state index in [1.165, 1.54) is 6.07 Å². The number of nitrogens with zero attached hydrogens (tertiary/aromatic N) is 1. The van der Waals surface area contributed by atoms with Crippen molar-refractivity contribution >= 4 is 41.0 Å². The smallest absolute Gasteiger partial charge is 0.325 e. The third-order valence-electron chi connectivity index (χ3n) is 4.44. The predicted octanol–water partition coefficient (Wildman–Crippen LogP) is 2.92. The highest BCUT2D eigenvalue weighted by molar-refractivity contribution is 6.35. The van der Waals surface area contributed by atoms with E-state index in [0.717, 1.165) is 4.90 Å². The minimum Gasteiger partial charge on any atom is -0.352 e. The van der Waals surface area contributed by atoms with Gasteiger partial charge in [-0.3, -0.25) is 14.5 Å². The number of urea groups is 1. The Morgan fingerprint density at radius 2 is 1.92 bits per heavy atom. The summed E-state index contributed by atoms with van der Waals surface area (Å²) in [6.45, 7) is 7.02. The maximum Gasteiger partial charge on any atom is 0.325 e. The van der Waals surface area contributed by atoms with Crippen LogP contribution in [0.25, 0.3) is 0 Å². The van der Waals surface area contributed by atoms with E-state index >= 15 is 0 Å². The fourth-order valence-electron chi connectivity index (χ4n) is 2.53. The van der Waals surface area contributed by atoms with E-state index in [2.05, 4.69) is 10.6 Å². The van der Waals surface area contributed by atoms with Gasteiger partial charge >= 0.3 is 6.03 Å². The Kier molecular flexibility index (Phi) is 5.64. The average Bonchev–Trinajstić information content (AvgIpc) is 2.71. The maximum atomic E-state index is 12.8. The van der Waals surface area contributed by atoms with Crippen molar-refractivity contribution in [1.29, 1.82) is 0 Å². The molecule has 1 heterocycles. The van der Waals surface area contributed by atoms with Crippen LogP contribution in [0.2, 0.25) is 10.0 Å². The fourth-order valence-corrected chi connectivity index (χ4v) is 3.13. The number of hydrogen-bond donors (Lipinski definition) is 2. The lowest BCUT2D eigenvalue weighted by atomic mass is 9.92. The predicted molar refractivity (Wildman–Crippen MR) is 96.5 cm³/mol. The molecule has 6 nitrogen and oxygen atoms in total. The van der Waals surface area contributed by atoms with Crippen molar-refractivity contribution in [3.63, 3.8) is 0 Å². The van der Waals surface area contributed by atoms with E-state index in [1.54, 1.807) is 19.1 Å². The van der Waals surface area contributed by atoms with Gasteiger partial charge in [0.05, 0.1) is 0 Å². The van der Waals surface area contributed by atoms with Crippen LogP contribution in [-0.2, 0) is 15.1 Å². The second kappa shape index (κ2) is 7.22. The van der Waals surface area contributed by atoms with Crippen LogP contribution in [-0.4, -0.2) is 35.3 Å². The van der Waals surface area contributed by atoms with Gasteiger partial charge in [0.1, 0.15) is 12.1 Å². The van der Waals surface area contributed by atoms with Gasteiger partial charge in [-0.2, -0.15) is 0 Å². The van der Waals surface area contributed by atoms with Crippen LogP contribution in [0.15, 0.2) is 18.2 Å². The Morgan fingerprint density at radius 3 is 2.48 bits per heavy atom. The van der Waals surface area contributed by atoms with Crippen molar-refractivity contribution in [2.45, 2.75) is 39.3 Å². The van der Waals surface area contributed by atoms with E-state index in [1.807, 2.05) is 20.8 Å². The molecule has 2 atom stereocenters. The van der Waals surface area contributed by atoms with Gasteiger partial charge in [-0.1, -0.05) is 43.1 Å². The first kappa shape index (κ1) is 19.5. The lowest BCUT2D eigenvalue weighted by Crippen LogP contribution is -2.46. The van der Waals surface area contributed by atoms with Gasteiger partial charge < -0.3 is 10.6 Å². The Hall–Kier alpha value is -1.79. The molecular formula is C17H21Cl2N3O3. The zero-order chi connectivity index (χ0) is 18.9. The molecule has 0 unspecified atom stereocenters. The highest BCUT2D eigenvalue weighted by Crippen LogP contribution is 2.34. The Bertz CT molecular complexity index is 723. The van der Waals surface area contributed by atoms with E-state index < -0.39 is 23.4 Å². The number of imide groups is 1. The summed E-state index contributed by atoms with van der Waals surface area (Å²) >= 11 is 12.1. The van der Waals surface area contributed by atoms with E-state index in [-0.39, 0.29) is 23.5 Å². The standard InChI is InChI=1S/C17H21Cl2N3O3/c1-9(2)10(3)20-14(23)8-22-15(24)17(4,21-16(22)25)12-6-5-11(18)7-13(12)19/h5-7,9-10H,8H2,1-4H3,(H,20,23)(H,21,25)/t10-,17-/m1/s1. The monoisotopic (exact) mass is 385 g/mol. The summed E-state index contributed by atoms with van der Waals surface area (Å²) in [7, 11) is 0. The van der Waals surface area contributed by atoms with Gasteiger partial charge in [-0.15, -0.1) is 0 Å². The zero-order valence-electron chi connectivity index (χ0n) is 14.5. The van der Waals surface area contributed by atoms with Crippen LogP contribution in [0.5, 0.6) is 0 Å². The normalized spacial score (nSPS) is 21.5. The van der Waals surface area contributed by atoms with Crippen molar-refractivity contribution < 1.29 is 14.4 Å². The van der Waals surface area contributed by atoms with Crippen LogP contribution < -0.4 is 10.6 Å². The van der Waals surface area contributed by atoms with Gasteiger partial charge in [-0.25, -0.2) is 4.79 Å². The van der Waals surface area contributed by atoms with Crippen molar-refractivity contribution in [3.05, 3.63) is 33.8 Å².